The lowest BCUT2D eigenvalue weighted by atomic mass is 10.0. The third-order valence-corrected chi connectivity index (χ3v) is 7.00. The molecule has 3 rings (SSSR count). The van der Waals surface area contributed by atoms with Crippen molar-refractivity contribution in [2.24, 2.45) is 4.36 Å². The van der Waals surface area contributed by atoms with E-state index in [1.807, 2.05) is 4.90 Å². The Kier molecular flexibility index (Phi) is 6.24. The molecule has 6 nitrogen and oxygen atoms in total. The summed E-state index contributed by atoms with van der Waals surface area (Å²) in [5.41, 5.74) is 0.292. The molecule has 1 aromatic carbocycles. The summed E-state index contributed by atoms with van der Waals surface area (Å²) in [4.78, 5) is 22.6. The van der Waals surface area contributed by atoms with Gasteiger partial charge in [0.15, 0.2) is 11.6 Å². The first kappa shape index (κ1) is 20.6. The summed E-state index contributed by atoms with van der Waals surface area (Å²) in [5, 5.41) is 0.266. The van der Waals surface area contributed by atoms with Gasteiger partial charge in [-0.2, -0.15) is 4.36 Å². The summed E-state index contributed by atoms with van der Waals surface area (Å²) in [6.45, 7) is 2.52. The Labute approximate surface area is 167 Å². The summed E-state index contributed by atoms with van der Waals surface area (Å²) < 4.78 is 43.6. The molecule has 10 heteroatoms. The van der Waals surface area contributed by atoms with E-state index >= 15 is 0 Å². The highest BCUT2D eigenvalue weighted by atomic mass is 35.5. The van der Waals surface area contributed by atoms with E-state index in [0.717, 1.165) is 12.1 Å². The zero-order chi connectivity index (χ0) is 20.3. The van der Waals surface area contributed by atoms with Crippen LogP contribution in [0.1, 0.15) is 24.8 Å². The van der Waals surface area contributed by atoms with Crippen molar-refractivity contribution in [2.75, 3.05) is 29.5 Å². The molecule has 1 aliphatic rings. The predicted molar refractivity (Wildman–Crippen MR) is 104 cm³/mol. The van der Waals surface area contributed by atoms with Crippen molar-refractivity contribution in [2.45, 2.75) is 19.3 Å². The average Bonchev–Trinajstić information content (AvgIpc) is 2.85. The summed E-state index contributed by atoms with van der Waals surface area (Å²) in [6, 6.07) is 3.26. The van der Waals surface area contributed by atoms with Crippen LogP contribution in [0, 0.1) is 11.6 Å². The highest BCUT2D eigenvalue weighted by Crippen LogP contribution is 2.22. The molecule has 0 radical (unpaired) electrons. The van der Waals surface area contributed by atoms with Gasteiger partial charge in [0.05, 0.1) is 28.0 Å². The normalized spacial score (nSPS) is 21.1. The lowest BCUT2D eigenvalue weighted by molar-refractivity contribution is -0.118. The number of halogens is 3. The SMILES string of the molecule is CC(C(=O)N=S1(=O)CCCN(c2cncc(Cl)n2)CC1)c1ccc(F)c(F)c1. The highest BCUT2D eigenvalue weighted by Gasteiger charge is 2.23. The van der Waals surface area contributed by atoms with Crippen molar-refractivity contribution >= 4 is 33.1 Å². The summed E-state index contributed by atoms with van der Waals surface area (Å²) >= 11 is 5.87. The Bertz CT molecular complexity index is 1010. The van der Waals surface area contributed by atoms with Crippen LogP contribution >= 0.6 is 11.6 Å². The predicted octanol–water partition coefficient (Wildman–Crippen LogP) is 3.42. The fourth-order valence-electron chi connectivity index (χ4n) is 2.92. The lowest BCUT2D eigenvalue weighted by Gasteiger charge is -2.20. The molecular weight excluding hydrogens is 410 g/mol. The van der Waals surface area contributed by atoms with Gasteiger partial charge in [-0.05, 0) is 31.0 Å². The minimum atomic E-state index is -2.76. The number of hydrogen-bond acceptors (Lipinski definition) is 5. The van der Waals surface area contributed by atoms with Gasteiger partial charge in [0.2, 0.25) is 0 Å². The van der Waals surface area contributed by atoms with Crippen molar-refractivity contribution in [1.82, 2.24) is 9.97 Å². The molecule has 0 bridgehead atoms. The first-order chi connectivity index (χ1) is 13.3. The first-order valence-corrected chi connectivity index (χ1v) is 10.9. The summed E-state index contributed by atoms with van der Waals surface area (Å²) in [6.07, 6.45) is 3.57. The van der Waals surface area contributed by atoms with E-state index < -0.39 is 33.2 Å². The molecule has 2 unspecified atom stereocenters. The van der Waals surface area contributed by atoms with E-state index in [1.165, 1.54) is 19.2 Å². The van der Waals surface area contributed by atoms with Crippen LogP contribution in [0.15, 0.2) is 35.0 Å². The molecule has 1 amide bonds. The Hall–Kier alpha value is -2.13. The van der Waals surface area contributed by atoms with Crippen LogP contribution < -0.4 is 4.90 Å². The van der Waals surface area contributed by atoms with E-state index in [1.54, 1.807) is 6.20 Å². The number of anilines is 1. The molecular formula is C18H19ClF2N4O2S. The molecule has 2 heterocycles. The number of carbonyl (C=O) groups excluding carboxylic acids is 1. The fourth-order valence-corrected chi connectivity index (χ4v) is 5.02. The quantitative estimate of drug-likeness (QED) is 0.748. The molecule has 28 heavy (non-hydrogen) atoms. The lowest BCUT2D eigenvalue weighted by Crippen LogP contribution is -2.27. The molecule has 0 saturated carbocycles. The van der Waals surface area contributed by atoms with Gasteiger partial charge >= 0.3 is 0 Å². The number of hydrogen-bond donors (Lipinski definition) is 0. The number of amides is 1. The van der Waals surface area contributed by atoms with Gasteiger partial charge in [-0.15, -0.1) is 0 Å². The summed E-state index contributed by atoms with van der Waals surface area (Å²) in [5.74, 6) is -2.39. The Morgan fingerprint density at radius 3 is 2.75 bits per heavy atom. The van der Waals surface area contributed by atoms with Gasteiger partial charge in [-0.3, -0.25) is 9.78 Å². The Morgan fingerprint density at radius 2 is 2.04 bits per heavy atom. The van der Waals surface area contributed by atoms with Crippen molar-refractivity contribution in [3.63, 3.8) is 0 Å². The maximum absolute atomic E-state index is 13.4. The standard InChI is InChI=1S/C18H19ClF2N4O2S/c1-12(13-3-4-14(20)15(21)9-13)18(26)24-28(27)7-2-5-25(6-8-28)17-11-22-10-16(19)23-17/h3-4,9-12H,2,5-8H2,1H3. The van der Waals surface area contributed by atoms with Gasteiger partial charge in [-0.1, -0.05) is 17.7 Å². The average molecular weight is 429 g/mol. The number of rotatable bonds is 3. The minimum Gasteiger partial charge on any atom is -0.354 e. The molecule has 1 saturated heterocycles. The van der Waals surface area contributed by atoms with Crippen molar-refractivity contribution < 1.29 is 17.8 Å². The molecule has 1 aromatic heterocycles. The maximum atomic E-state index is 13.4. The number of aromatic nitrogens is 2. The van der Waals surface area contributed by atoms with Crippen LogP contribution in [-0.4, -0.2) is 44.7 Å². The minimum absolute atomic E-state index is 0.192. The van der Waals surface area contributed by atoms with Gasteiger partial charge in [0.25, 0.3) is 5.91 Å². The second-order valence-electron chi connectivity index (χ2n) is 6.55. The van der Waals surface area contributed by atoms with Gasteiger partial charge in [-0.25, -0.2) is 18.0 Å². The highest BCUT2D eigenvalue weighted by molar-refractivity contribution is 7.93. The topological polar surface area (TPSA) is 75.5 Å². The van der Waals surface area contributed by atoms with Crippen molar-refractivity contribution in [3.05, 3.63) is 52.9 Å². The smallest absolute Gasteiger partial charge is 0.261 e. The second kappa shape index (κ2) is 8.48. The van der Waals surface area contributed by atoms with Crippen molar-refractivity contribution in [1.29, 1.82) is 0 Å². The number of nitrogens with zero attached hydrogens (tertiary/aromatic N) is 4. The van der Waals surface area contributed by atoms with Crippen LogP contribution in [0.2, 0.25) is 5.15 Å². The van der Waals surface area contributed by atoms with Gasteiger partial charge < -0.3 is 4.90 Å². The maximum Gasteiger partial charge on any atom is 0.261 e. The monoisotopic (exact) mass is 428 g/mol. The zero-order valence-corrected chi connectivity index (χ0v) is 16.7. The largest absolute Gasteiger partial charge is 0.354 e. The molecule has 1 aliphatic heterocycles. The molecule has 1 fully saturated rings. The van der Waals surface area contributed by atoms with Crippen LogP contribution in [0.3, 0.4) is 0 Å². The number of benzene rings is 1. The van der Waals surface area contributed by atoms with E-state index in [2.05, 4.69) is 14.3 Å². The third-order valence-electron chi connectivity index (χ3n) is 4.56. The third kappa shape index (κ3) is 4.82. The van der Waals surface area contributed by atoms with Crippen LogP contribution in [0.25, 0.3) is 0 Å². The molecule has 0 spiro atoms. The Balaban J connectivity index is 1.76. The fraction of sp³-hybridized carbons (Fsp3) is 0.389. The molecule has 2 atom stereocenters. The van der Waals surface area contributed by atoms with E-state index in [4.69, 9.17) is 11.6 Å². The molecule has 0 N–H and O–H groups in total. The second-order valence-corrected chi connectivity index (χ2v) is 9.48. The zero-order valence-electron chi connectivity index (χ0n) is 15.1. The summed E-state index contributed by atoms with van der Waals surface area (Å²) in [7, 11) is -2.76. The van der Waals surface area contributed by atoms with Gasteiger partial charge in [0, 0.05) is 24.6 Å². The van der Waals surface area contributed by atoms with Crippen LogP contribution in [-0.2, 0) is 14.5 Å². The van der Waals surface area contributed by atoms with Crippen molar-refractivity contribution in [3.8, 4) is 0 Å². The Morgan fingerprint density at radius 1 is 1.25 bits per heavy atom. The first-order valence-electron chi connectivity index (χ1n) is 8.71. The van der Waals surface area contributed by atoms with Crippen LogP contribution in [0.5, 0.6) is 0 Å². The van der Waals surface area contributed by atoms with E-state index in [-0.39, 0.29) is 16.7 Å². The number of carbonyl (C=O) groups is 1. The van der Waals surface area contributed by atoms with E-state index in [0.29, 0.717) is 30.9 Å². The molecule has 2 aromatic rings. The molecule has 0 aliphatic carbocycles. The van der Waals surface area contributed by atoms with Gasteiger partial charge in [0.1, 0.15) is 11.0 Å². The van der Waals surface area contributed by atoms with E-state index in [9.17, 15) is 17.8 Å². The molecule has 150 valence electrons. The van der Waals surface area contributed by atoms with Crippen LogP contribution in [0.4, 0.5) is 14.6 Å².